The van der Waals surface area contributed by atoms with Gasteiger partial charge in [-0.3, -0.25) is 14.9 Å². The van der Waals surface area contributed by atoms with Crippen LogP contribution in [0.25, 0.3) is 0 Å². The zero-order valence-corrected chi connectivity index (χ0v) is 14.2. The number of carbonyl (C=O) groups excluding carboxylic acids is 2. The summed E-state index contributed by atoms with van der Waals surface area (Å²) in [7, 11) is -4.13. The minimum atomic E-state index is -4.13. The molecule has 1 heterocycles. The number of nitro benzene ring substituents is 1. The molecule has 26 heavy (non-hydrogen) atoms. The zero-order chi connectivity index (χ0) is 19.5. The van der Waals surface area contributed by atoms with E-state index < -0.39 is 44.3 Å². The first kappa shape index (κ1) is 19.4. The van der Waals surface area contributed by atoms with E-state index in [0.29, 0.717) is 0 Å². The first-order chi connectivity index (χ1) is 12.1. The van der Waals surface area contributed by atoms with E-state index in [9.17, 15) is 28.1 Å². The molecule has 0 aliphatic rings. The van der Waals surface area contributed by atoms with Gasteiger partial charge in [-0.2, -0.15) is 0 Å². The summed E-state index contributed by atoms with van der Waals surface area (Å²) in [5.41, 5.74) is -0.343. The Kier molecular flexibility index (Phi) is 5.59. The van der Waals surface area contributed by atoms with E-state index in [1.807, 2.05) is 0 Å². The van der Waals surface area contributed by atoms with E-state index >= 15 is 0 Å². The molecule has 0 fully saturated rings. The Morgan fingerprint density at radius 1 is 1.31 bits per heavy atom. The molecule has 0 aliphatic heterocycles. The van der Waals surface area contributed by atoms with Gasteiger partial charge in [-0.05, 0) is 18.2 Å². The van der Waals surface area contributed by atoms with Gasteiger partial charge in [-0.15, -0.1) is 0 Å². The average molecular weight is 404 g/mol. The molecular weight excluding hydrogens is 394 g/mol. The van der Waals surface area contributed by atoms with E-state index in [-0.39, 0.29) is 16.4 Å². The van der Waals surface area contributed by atoms with Gasteiger partial charge in [0.2, 0.25) is 10.9 Å². The number of sulfonamides is 1. The number of hydrogen-bond acceptors (Lipinski definition) is 8. The maximum Gasteiger partial charge on any atom is 0.374 e. The van der Waals surface area contributed by atoms with Crippen molar-refractivity contribution in [1.82, 2.24) is 0 Å². The molecule has 1 amide bonds. The fourth-order valence-corrected chi connectivity index (χ4v) is 2.32. The Morgan fingerprint density at radius 3 is 2.58 bits per heavy atom. The maximum absolute atomic E-state index is 11.8. The second-order valence-electron chi connectivity index (χ2n) is 4.71. The molecule has 0 unspecified atom stereocenters. The third-order valence-corrected chi connectivity index (χ3v) is 3.94. The minimum Gasteiger partial charge on any atom is -0.450 e. The largest absolute Gasteiger partial charge is 0.450 e. The normalized spacial score (nSPS) is 11.0. The summed E-state index contributed by atoms with van der Waals surface area (Å²) < 4.78 is 31.5. The first-order valence-electron chi connectivity index (χ1n) is 6.61. The maximum atomic E-state index is 11.8. The first-order valence-corrected chi connectivity index (χ1v) is 8.54. The van der Waals surface area contributed by atoms with Gasteiger partial charge < -0.3 is 14.5 Å². The monoisotopic (exact) mass is 403 g/mol. The number of esters is 1. The summed E-state index contributed by atoms with van der Waals surface area (Å²) in [5, 5.41) is 17.2. The van der Waals surface area contributed by atoms with Crippen molar-refractivity contribution in [1.29, 1.82) is 0 Å². The molecule has 0 aliphatic carbocycles. The number of ether oxygens (including phenoxy) is 1. The molecule has 0 saturated carbocycles. The van der Waals surface area contributed by atoms with Crippen molar-refractivity contribution in [3.05, 3.63) is 51.2 Å². The number of primary sulfonamides is 1. The molecule has 0 bridgehead atoms. The minimum absolute atomic E-state index is 0.0408. The van der Waals surface area contributed by atoms with Crippen LogP contribution in [-0.4, -0.2) is 31.8 Å². The third kappa shape index (κ3) is 4.78. The van der Waals surface area contributed by atoms with Crippen molar-refractivity contribution < 1.29 is 32.1 Å². The summed E-state index contributed by atoms with van der Waals surface area (Å²) in [4.78, 5) is 33.5. The van der Waals surface area contributed by atoms with Gasteiger partial charge in [-0.25, -0.2) is 18.4 Å². The Hall–Kier alpha value is -2.96. The van der Waals surface area contributed by atoms with Crippen molar-refractivity contribution in [2.24, 2.45) is 5.14 Å². The highest BCUT2D eigenvalue weighted by Crippen LogP contribution is 2.26. The van der Waals surface area contributed by atoms with Crippen LogP contribution >= 0.6 is 11.6 Å². The summed E-state index contributed by atoms with van der Waals surface area (Å²) in [6.45, 7) is -0.775. The van der Waals surface area contributed by atoms with Crippen molar-refractivity contribution in [2.75, 3.05) is 11.9 Å². The lowest BCUT2D eigenvalue weighted by Crippen LogP contribution is -2.21. The van der Waals surface area contributed by atoms with Gasteiger partial charge in [-0.1, -0.05) is 11.6 Å². The Morgan fingerprint density at radius 2 is 2.00 bits per heavy atom. The van der Waals surface area contributed by atoms with E-state index in [0.717, 1.165) is 24.3 Å². The number of non-ortho nitro benzene ring substituents is 1. The molecule has 0 spiro atoms. The number of halogens is 1. The fraction of sp³-hybridized carbons (Fsp3) is 0.0769. The molecule has 1 aromatic carbocycles. The summed E-state index contributed by atoms with van der Waals surface area (Å²) >= 11 is 5.82. The lowest BCUT2D eigenvalue weighted by Gasteiger charge is -2.07. The van der Waals surface area contributed by atoms with Gasteiger partial charge in [0.15, 0.2) is 6.61 Å². The predicted molar refractivity (Wildman–Crippen MR) is 87.1 cm³/mol. The summed E-state index contributed by atoms with van der Waals surface area (Å²) in [6.07, 6.45) is 0. The number of hydrogen-bond donors (Lipinski definition) is 2. The molecule has 0 saturated heterocycles. The number of rotatable bonds is 6. The van der Waals surface area contributed by atoms with Gasteiger partial charge in [0.1, 0.15) is 0 Å². The molecule has 0 atom stereocenters. The molecule has 3 N–H and O–H groups in total. The van der Waals surface area contributed by atoms with Gasteiger partial charge in [0.05, 0.1) is 15.6 Å². The van der Waals surface area contributed by atoms with Crippen LogP contribution in [0.2, 0.25) is 5.02 Å². The lowest BCUT2D eigenvalue weighted by molar-refractivity contribution is -0.384. The molecule has 0 radical (unpaired) electrons. The highest BCUT2D eigenvalue weighted by Gasteiger charge is 2.20. The highest BCUT2D eigenvalue weighted by molar-refractivity contribution is 7.89. The van der Waals surface area contributed by atoms with Crippen LogP contribution < -0.4 is 10.5 Å². The SMILES string of the molecule is NS(=O)(=O)c1ccc(C(=O)OCC(=O)Nc2cc([N+](=O)[O-])ccc2Cl)o1. The Labute approximate surface area is 150 Å². The summed E-state index contributed by atoms with van der Waals surface area (Å²) in [6, 6.07) is 5.37. The van der Waals surface area contributed by atoms with Gasteiger partial charge >= 0.3 is 5.97 Å². The number of nitrogens with one attached hydrogen (secondary N) is 1. The summed E-state index contributed by atoms with van der Waals surface area (Å²) in [5.74, 6) is -2.42. The second kappa shape index (κ2) is 7.51. The number of nitro groups is 1. The molecule has 13 heteroatoms. The van der Waals surface area contributed by atoms with E-state index in [1.54, 1.807) is 0 Å². The molecule has 1 aromatic heterocycles. The number of anilines is 1. The van der Waals surface area contributed by atoms with E-state index in [4.69, 9.17) is 21.2 Å². The van der Waals surface area contributed by atoms with Crippen LogP contribution in [-0.2, 0) is 19.6 Å². The highest BCUT2D eigenvalue weighted by atomic mass is 35.5. The Balaban J connectivity index is 1.99. The number of nitrogens with two attached hydrogens (primary N) is 1. The molecule has 2 aromatic rings. The fourth-order valence-electron chi connectivity index (χ4n) is 1.69. The van der Waals surface area contributed by atoms with Crippen LogP contribution in [0.15, 0.2) is 39.8 Å². The van der Waals surface area contributed by atoms with Crippen LogP contribution in [0, 0.1) is 10.1 Å². The third-order valence-electron chi connectivity index (χ3n) is 2.83. The van der Waals surface area contributed by atoms with Gasteiger partial charge in [0, 0.05) is 12.1 Å². The van der Waals surface area contributed by atoms with Crippen molar-refractivity contribution in [3.63, 3.8) is 0 Å². The number of carbonyl (C=O) groups is 2. The predicted octanol–water partition coefficient (Wildman–Crippen LogP) is 1.28. The van der Waals surface area contributed by atoms with Crippen molar-refractivity contribution in [3.8, 4) is 0 Å². The van der Waals surface area contributed by atoms with Crippen LogP contribution in [0.3, 0.4) is 0 Å². The quantitative estimate of drug-likeness (QED) is 0.412. The lowest BCUT2D eigenvalue weighted by atomic mass is 10.3. The molecule has 2 rings (SSSR count). The van der Waals surface area contributed by atoms with Crippen molar-refractivity contribution in [2.45, 2.75) is 5.09 Å². The van der Waals surface area contributed by atoms with E-state index in [2.05, 4.69) is 10.1 Å². The number of nitrogens with zero attached hydrogens (tertiary/aromatic N) is 1. The number of benzene rings is 1. The standard InChI is InChI=1S/C13H10ClN3O8S/c14-8-2-1-7(17(20)21)5-9(8)16-11(18)6-24-13(19)10-3-4-12(25-10)26(15,22)23/h1-5H,6H2,(H,16,18)(H2,15,22,23). The van der Waals surface area contributed by atoms with Crippen LogP contribution in [0.4, 0.5) is 11.4 Å². The topological polar surface area (TPSA) is 172 Å². The van der Waals surface area contributed by atoms with Gasteiger partial charge in [0.25, 0.3) is 21.6 Å². The van der Waals surface area contributed by atoms with Crippen molar-refractivity contribution >= 4 is 44.9 Å². The molecule has 138 valence electrons. The second-order valence-corrected chi connectivity index (χ2v) is 6.61. The van der Waals surface area contributed by atoms with Crippen LogP contribution in [0.1, 0.15) is 10.6 Å². The van der Waals surface area contributed by atoms with Crippen LogP contribution in [0.5, 0.6) is 0 Å². The Bertz CT molecular complexity index is 985. The molecular formula is C13H10ClN3O8S. The number of amides is 1. The smallest absolute Gasteiger partial charge is 0.374 e. The average Bonchev–Trinajstić information content (AvgIpc) is 3.05. The zero-order valence-electron chi connectivity index (χ0n) is 12.7. The molecule has 11 nitrogen and oxygen atoms in total. The number of furan rings is 1. The van der Waals surface area contributed by atoms with E-state index in [1.165, 1.54) is 6.07 Å².